The van der Waals surface area contributed by atoms with E-state index in [1.807, 2.05) is 12.1 Å². The zero-order chi connectivity index (χ0) is 29.1. The van der Waals surface area contributed by atoms with Crippen molar-refractivity contribution in [3.63, 3.8) is 0 Å². The van der Waals surface area contributed by atoms with Gasteiger partial charge in [0.15, 0.2) is 5.82 Å². The Hall–Kier alpha value is -4.54. The Balaban J connectivity index is 1.30. The maximum atomic E-state index is 15.0. The van der Waals surface area contributed by atoms with Crippen molar-refractivity contribution in [1.82, 2.24) is 20.1 Å². The van der Waals surface area contributed by atoms with Crippen molar-refractivity contribution in [1.29, 1.82) is 0 Å². The summed E-state index contributed by atoms with van der Waals surface area (Å²) in [6.07, 6.45) is 2.52. The Morgan fingerprint density at radius 1 is 1.05 bits per heavy atom. The van der Waals surface area contributed by atoms with Gasteiger partial charge in [-0.1, -0.05) is 13.8 Å². The molecule has 0 bridgehead atoms. The van der Waals surface area contributed by atoms with Crippen LogP contribution in [0, 0.1) is 17.6 Å². The molecule has 5 rings (SSSR count). The molecule has 2 aromatic carbocycles. The predicted molar refractivity (Wildman–Crippen MR) is 153 cm³/mol. The van der Waals surface area contributed by atoms with Crippen molar-refractivity contribution in [3.05, 3.63) is 71.4 Å². The highest BCUT2D eigenvalue weighted by Gasteiger charge is 2.22. The van der Waals surface area contributed by atoms with Gasteiger partial charge in [-0.05, 0) is 66.8 Å². The molecule has 0 atom stereocenters. The van der Waals surface area contributed by atoms with Crippen molar-refractivity contribution >= 4 is 34.4 Å². The van der Waals surface area contributed by atoms with Crippen LogP contribution in [0.25, 0.3) is 22.2 Å². The van der Waals surface area contributed by atoms with E-state index in [0.29, 0.717) is 60.5 Å². The molecule has 1 aliphatic rings. The lowest BCUT2D eigenvalue weighted by atomic mass is 9.99. The van der Waals surface area contributed by atoms with Gasteiger partial charge in [0, 0.05) is 42.8 Å². The van der Waals surface area contributed by atoms with Crippen LogP contribution in [0.5, 0.6) is 0 Å². The van der Waals surface area contributed by atoms with Crippen molar-refractivity contribution in [2.75, 3.05) is 43.5 Å². The number of methoxy groups -OCH3 is 1. The fourth-order valence-corrected chi connectivity index (χ4v) is 4.90. The molecular formula is C30H32F2N6O3. The van der Waals surface area contributed by atoms with Gasteiger partial charge < -0.3 is 19.9 Å². The van der Waals surface area contributed by atoms with Crippen molar-refractivity contribution < 1.29 is 23.1 Å². The van der Waals surface area contributed by atoms with Crippen molar-refractivity contribution in [2.24, 2.45) is 5.92 Å². The van der Waals surface area contributed by atoms with Crippen LogP contribution in [0.2, 0.25) is 0 Å². The number of carbonyl (C=O) groups excluding carboxylic acids is 2. The van der Waals surface area contributed by atoms with Gasteiger partial charge in [0.25, 0.3) is 5.91 Å². The van der Waals surface area contributed by atoms with E-state index in [0.717, 1.165) is 12.1 Å². The van der Waals surface area contributed by atoms with Gasteiger partial charge in [-0.2, -0.15) is 5.10 Å². The molecule has 1 aliphatic heterocycles. The molecule has 2 aromatic heterocycles. The lowest BCUT2D eigenvalue weighted by Crippen LogP contribution is -2.48. The molecule has 0 aliphatic carbocycles. The van der Waals surface area contributed by atoms with Gasteiger partial charge in [-0.15, -0.1) is 0 Å². The van der Waals surface area contributed by atoms with E-state index < -0.39 is 11.6 Å². The highest BCUT2D eigenvalue weighted by Crippen LogP contribution is 2.30. The number of ether oxygens (including phenoxy) is 1. The molecule has 11 heteroatoms. The second-order valence-electron chi connectivity index (χ2n) is 10.5. The number of hydrogen-bond acceptors (Lipinski definition) is 6. The topological polar surface area (TPSA) is 103 Å². The van der Waals surface area contributed by atoms with Crippen LogP contribution in [-0.4, -0.2) is 65.4 Å². The van der Waals surface area contributed by atoms with E-state index in [-0.39, 0.29) is 29.1 Å². The smallest absolute Gasteiger partial charge is 0.409 e. The van der Waals surface area contributed by atoms with Crippen LogP contribution in [0.4, 0.5) is 25.1 Å². The third-order valence-corrected chi connectivity index (χ3v) is 7.25. The average molecular weight is 563 g/mol. The number of piperazine rings is 1. The largest absolute Gasteiger partial charge is 0.453 e. The van der Waals surface area contributed by atoms with E-state index >= 15 is 8.78 Å². The number of pyridine rings is 1. The quantitative estimate of drug-likeness (QED) is 0.303. The highest BCUT2D eigenvalue weighted by atomic mass is 19.1. The first-order valence-corrected chi connectivity index (χ1v) is 13.5. The molecular weight excluding hydrogens is 530 g/mol. The number of aryl methyl sites for hydroxylation is 1. The number of fused-ring (bicyclic) bond motifs is 1. The summed E-state index contributed by atoms with van der Waals surface area (Å²) in [7, 11) is 1.37. The number of benzene rings is 2. The summed E-state index contributed by atoms with van der Waals surface area (Å²) in [5.74, 6) is -1.10. The van der Waals surface area contributed by atoms with E-state index in [1.54, 1.807) is 17.0 Å². The SMILES string of the molecule is COC(=O)N1CCN(c2ccc(C(=O)Nc3n[nH]c4cnc(-c5c(F)cc(CCC(C)C)cc5F)cc34)cc2)CC1. The molecule has 2 N–H and O–H groups in total. The Morgan fingerprint density at radius 3 is 2.37 bits per heavy atom. The molecule has 214 valence electrons. The number of aromatic amines is 1. The maximum Gasteiger partial charge on any atom is 0.409 e. The Labute approximate surface area is 236 Å². The molecule has 41 heavy (non-hydrogen) atoms. The van der Waals surface area contributed by atoms with E-state index in [9.17, 15) is 9.59 Å². The second kappa shape index (κ2) is 11.9. The predicted octanol–water partition coefficient (Wildman–Crippen LogP) is 5.63. The van der Waals surface area contributed by atoms with Gasteiger partial charge >= 0.3 is 6.09 Å². The van der Waals surface area contributed by atoms with Gasteiger partial charge in [0.1, 0.15) is 11.6 Å². The molecule has 3 heterocycles. The molecule has 1 fully saturated rings. The fourth-order valence-electron chi connectivity index (χ4n) is 4.90. The number of aromatic nitrogens is 3. The van der Waals surface area contributed by atoms with Crippen molar-refractivity contribution in [2.45, 2.75) is 26.7 Å². The number of nitrogens with zero attached hydrogens (tertiary/aromatic N) is 4. The van der Waals surface area contributed by atoms with Crippen LogP contribution < -0.4 is 10.2 Å². The summed E-state index contributed by atoms with van der Waals surface area (Å²) >= 11 is 0. The van der Waals surface area contributed by atoms with Gasteiger partial charge in [0.05, 0.1) is 30.1 Å². The Bertz CT molecular complexity index is 1540. The first-order chi connectivity index (χ1) is 19.7. The Morgan fingerprint density at radius 2 is 1.73 bits per heavy atom. The summed E-state index contributed by atoms with van der Waals surface area (Å²) in [4.78, 5) is 32.8. The Kier molecular flexibility index (Phi) is 8.14. The lowest BCUT2D eigenvalue weighted by molar-refractivity contribution is 0.102. The maximum absolute atomic E-state index is 15.0. The van der Waals surface area contributed by atoms with Crippen LogP contribution in [0.1, 0.15) is 36.2 Å². The first-order valence-electron chi connectivity index (χ1n) is 13.5. The summed E-state index contributed by atoms with van der Waals surface area (Å²) in [6, 6.07) is 11.4. The molecule has 1 saturated heterocycles. The standard InChI is InChI=1S/C30H32F2N6O3/c1-18(2)4-5-19-14-23(31)27(24(32)15-19)25-16-22-26(17-33-25)35-36-28(22)34-29(39)20-6-8-21(9-7-20)37-10-12-38(13-11-37)30(40)41-3/h6-9,14-18H,4-5,10-13H2,1-3H3,(H2,34,35,36,39). The number of amides is 2. The van der Waals surface area contributed by atoms with E-state index in [1.165, 1.54) is 31.5 Å². The van der Waals surface area contributed by atoms with Crippen LogP contribution in [-0.2, 0) is 11.2 Å². The lowest BCUT2D eigenvalue weighted by Gasteiger charge is -2.35. The minimum absolute atomic E-state index is 0.108. The zero-order valence-electron chi connectivity index (χ0n) is 23.2. The molecule has 2 amide bonds. The number of anilines is 2. The minimum atomic E-state index is -0.684. The molecule has 0 unspecified atom stereocenters. The third kappa shape index (κ3) is 6.13. The van der Waals surface area contributed by atoms with Gasteiger partial charge in [0.2, 0.25) is 0 Å². The zero-order valence-corrected chi connectivity index (χ0v) is 23.2. The van der Waals surface area contributed by atoms with Crippen LogP contribution in [0.3, 0.4) is 0 Å². The fraction of sp³-hybridized carbons (Fsp3) is 0.333. The normalized spacial score (nSPS) is 13.6. The highest BCUT2D eigenvalue weighted by molar-refractivity contribution is 6.08. The number of halogens is 2. The van der Waals surface area contributed by atoms with Gasteiger partial charge in [-0.3, -0.25) is 14.9 Å². The van der Waals surface area contributed by atoms with Crippen molar-refractivity contribution in [3.8, 4) is 11.3 Å². The molecule has 4 aromatic rings. The number of H-pyrrole nitrogens is 1. The number of nitrogens with one attached hydrogen (secondary N) is 2. The molecule has 0 saturated carbocycles. The number of rotatable bonds is 7. The summed E-state index contributed by atoms with van der Waals surface area (Å²) < 4.78 is 34.8. The number of carbonyl (C=O) groups is 2. The minimum Gasteiger partial charge on any atom is -0.453 e. The average Bonchev–Trinajstić information content (AvgIpc) is 3.37. The van der Waals surface area contributed by atoms with Crippen LogP contribution >= 0.6 is 0 Å². The summed E-state index contributed by atoms with van der Waals surface area (Å²) in [5.41, 5.74) is 2.36. The van der Waals surface area contributed by atoms with Crippen LogP contribution in [0.15, 0.2) is 48.7 Å². The van der Waals surface area contributed by atoms with E-state index in [4.69, 9.17) is 4.74 Å². The third-order valence-electron chi connectivity index (χ3n) is 7.25. The molecule has 0 spiro atoms. The monoisotopic (exact) mass is 562 g/mol. The summed E-state index contributed by atoms with van der Waals surface area (Å²) in [6.45, 7) is 6.53. The molecule has 0 radical (unpaired) electrons. The first kappa shape index (κ1) is 28.0. The van der Waals surface area contributed by atoms with Gasteiger partial charge in [-0.25, -0.2) is 13.6 Å². The number of hydrogen-bond donors (Lipinski definition) is 2. The summed E-state index contributed by atoms with van der Waals surface area (Å²) in [5, 5.41) is 10.2. The van der Waals surface area contributed by atoms with E-state index in [2.05, 4.69) is 39.2 Å². The second-order valence-corrected chi connectivity index (χ2v) is 10.5. The molecule has 9 nitrogen and oxygen atoms in total.